The Morgan fingerprint density at radius 3 is 1.38 bits per heavy atom. The third-order valence-corrected chi connectivity index (χ3v) is 11.1. The number of rotatable bonds is 4. The molecule has 3 aliphatic carbocycles. The summed E-state index contributed by atoms with van der Waals surface area (Å²) in [6.07, 6.45) is 12.1. The molecule has 0 aromatic heterocycles. The summed E-state index contributed by atoms with van der Waals surface area (Å²) in [6, 6.07) is 27.5. The Labute approximate surface area is 278 Å². The number of likely N-dealkylation sites (tertiary alicyclic amines) is 1. The molecule has 0 saturated carbocycles. The molecule has 1 aliphatic heterocycles. The number of fused-ring (bicyclic) bond motifs is 3. The number of hydrogen-bond acceptors (Lipinski definition) is 1. The summed E-state index contributed by atoms with van der Waals surface area (Å²) in [5, 5.41) is 0. The molecule has 2 unspecified atom stereocenters. The second-order valence-electron chi connectivity index (χ2n) is 15.5. The summed E-state index contributed by atoms with van der Waals surface area (Å²) in [5.41, 5.74) is 9.55. The highest BCUT2D eigenvalue weighted by atomic mass is 15.2. The molecule has 246 valence electrons. The van der Waals surface area contributed by atoms with Crippen LogP contribution in [-0.4, -0.2) is 24.0 Å². The highest BCUT2D eigenvalue weighted by Gasteiger charge is 2.25. The van der Waals surface area contributed by atoms with E-state index in [0.29, 0.717) is 0 Å². The number of nitrogens with zero attached hydrogens (tertiary/aromatic N) is 1. The molecule has 1 nitrogen and oxygen atoms in total. The Bertz CT molecular complexity index is 1250. The van der Waals surface area contributed by atoms with Gasteiger partial charge in [-0.3, -0.25) is 0 Å². The van der Waals surface area contributed by atoms with Crippen LogP contribution in [0.4, 0.5) is 0 Å². The van der Waals surface area contributed by atoms with E-state index in [9.17, 15) is 0 Å². The van der Waals surface area contributed by atoms with Crippen LogP contribution in [0.25, 0.3) is 0 Å². The van der Waals surface area contributed by atoms with Crippen molar-refractivity contribution in [3.05, 3.63) is 106 Å². The molecule has 45 heavy (non-hydrogen) atoms. The van der Waals surface area contributed by atoms with Crippen molar-refractivity contribution in [3.63, 3.8) is 0 Å². The minimum atomic E-state index is 0.775. The molecule has 1 heterocycles. The monoisotopic (exact) mass is 608 g/mol. The standard InChI is InChI=1S/C13H18.2C12H16.C7H15N/c1-10(2)12-9-5-7-11-6-3-4-8-13(11)12;1-9(2)12-7-10-5-3-4-6-11(10)8-12;1-9(2)11-8-7-10-5-3-4-6-12(10)11;1-7(2)8-5-3-4-6-8/h3-4,6,8,10,12H,5,7,9H2,1-2H3;3-6,9,12H,7-8H2,1-2H3;3-6,9,11H,7-8H2,1-2H3;7H,3-6H2,1-2H3. The van der Waals surface area contributed by atoms with Gasteiger partial charge in [0.05, 0.1) is 0 Å². The maximum Gasteiger partial charge on any atom is 0.00385 e. The second-order valence-corrected chi connectivity index (χ2v) is 15.5. The zero-order valence-electron chi connectivity index (χ0n) is 30.2. The zero-order valence-corrected chi connectivity index (χ0v) is 30.2. The first kappa shape index (κ1) is 35.5. The lowest BCUT2D eigenvalue weighted by Crippen LogP contribution is -2.26. The topological polar surface area (TPSA) is 3.24 Å². The van der Waals surface area contributed by atoms with Crippen molar-refractivity contribution in [1.29, 1.82) is 0 Å². The Balaban J connectivity index is 0.000000138. The van der Waals surface area contributed by atoms with E-state index in [1.54, 1.807) is 33.4 Å². The third-order valence-electron chi connectivity index (χ3n) is 11.1. The molecule has 1 saturated heterocycles. The van der Waals surface area contributed by atoms with Crippen LogP contribution in [0.1, 0.15) is 133 Å². The van der Waals surface area contributed by atoms with E-state index in [1.807, 2.05) is 0 Å². The van der Waals surface area contributed by atoms with Crippen LogP contribution in [-0.2, 0) is 25.7 Å². The fraction of sp³-hybridized carbons (Fsp3) is 0.591. The average Bonchev–Trinajstić information content (AvgIpc) is 3.81. The quantitative estimate of drug-likeness (QED) is 0.285. The van der Waals surface area contributed by atoms with E-state index in [2.05, 4.69) is 133 Å². The van der Waals surface area contributed by atoms with Crippen molar-refractivity contribution in [3.8, 4) is 0 Å². The van der Waals surface area contributed by atoms with E-state index in [-0.39, 0.29) is 0 Å². The first-order valence-corrected chi connectivity index (χ1v) is 18.6. The van der Waals surface area contributed by atoms with Crippen molar-refractivity contribution in [2.24, 2.45) is 23.7 Å². The Morgan fingerprint density at radius 1 is 0.489 bits per heavy atom. The normalized spacial score (nSPS) is 20.5. The summed E-state index contributed by atoms with van der Waals surface area (Å²) in [6.45, 7) is 21.2. The lowest BCUT2D eigenvalue weighted by Gasteiger charge is -2.28. The third kappa shape index (κ3) is 10.1. The minimum absolute atomic E-state index is 0.775. The molecular formula is C44H65N. The van der Waals surface area contributed by atoms with E-state index in [1.165, 1.54) is 70.9 Å². The summed E-state index contributed by atoms with van der Waals surface area (Å²) in [7, 11) is 0. The molecule has 0 spiro atoms. The van der Waals surface area contributed by atoms with Crippen LogP contribution in [0.3, 0.4) is 0 Å². The van der Waals surface area contributed by atoms with Crippen LogP contribution in [0.5, 0.6) is 0 Å². The fourth-order valence-corrected chi connectivity index (χ4v) is 8.09. The Morgan fingerprint density at radius 2 is 0.933 bits per heavy atom. The first-order chi connectivity index (χ1) is 21.7. The molecule has 4 aliphatic rings. The van der Waals surface area contributed by atoms with Crippen LogP contribution >= 0.6 is 0 Å². The smallest absolute Gasteiger partial charge is 0.00385 e. The van der Waals surface area contributed by atoms with Gasteiger partial charge >= 0.3 is 0 Å². The SMILES string of the molecule is CC(C)C1CCCc2ccccc21.CC(C)C1CCc2ccccc21.CC(C)C1Cc2ccccc2C1.CC(C)N1CCCC1. The summed E-state index contributed by atoms with van der Waals surface area (Å²) < 4.78 is 0. The van der Waals surface area contributed by atoms with Gasteiger partial charge in [0.25, 0.3) is 0 Å². The van der Waals surface area contributed by atoms with Gasteiger partial charge in [0, 0.05) is 6.04 Å². The molecule has 1 fully saturated rings. The molecular weight excluding hydrogens is 542 g/mol. The van der Waals surface area contributed by atoms with Crippen molar-refractivity contribution >= 4 is 0 Å². The van der Waals surface area contributed by atoms with Gasteiger partial charge in [0.1, 0.15) is 0 Å². The van der Waals surface area contributed by atoms with Crippen molar-refractivity contribution in [2.45, 2.75) is 131 Å². The highest BCUT2D eigenvalue weighted by Crippen LogP contribution is 2.38. The van der Waals surface area contributed by atoms with Gasteiger partial charge in [-0.2, -0.15) is 0 Å². The van der Waals surface area contributed by atoms with Gasteiger partial charge in [0.15, 0.2) is 0 Å². The fourth-order valence-electron chi connectivity index (χ4n) is 8.09. The van der Waals surface area contributed by atoms with Gasteiger partial charge in [0.2, 0.25) is 0 Å². The van der Waals surface area contributed by atoms with Crippen LogP contribution in [0.15, 0.2) is 72.8 Å². The van der Waals surface area contributed by atoms with Crippen molar-refractivity contribution in [2.75, 3.05) is 13.1 Å². The maximum atomic E-state index is 2.53. The van der Waals surface area contributed by atoms with Gasteiger partial charge in [-0.05, 0) is 154 Å². The molecule has 0 N–H and O–H groups in total. The average molecular weight is 608 g/mol. The summed E-state index contributed by atoms with van der Waals surface area (Å²) >= 11 is 0. The van der Waals surface area contributed by atoms with Gasteiger partial charge in [-0.25, -0.2) is 0 Å². The molecule has 7 rings (SSSR count). The number of aryl methyl sites for hydroxylation is 2. The predicted octanol–water partition coefficient (Wildman–Crippen LogP) is 11.7. The minimum Gasteiger partial charge on any atom is -0.301 e. The predicted molar refractivity (Wildman–Crippen MR) is 197 cm³/mol. The van der Waals surface area contributed by atoms with Gasteiger partial charge in [-0.15, -0.1) is 0 Å². The molecule has 0 amide bonds. The van der Waals surface area contributed by atoms with E-state index < -0.39 is 0 Å². The summed E-state index contributed by atoms with van der Waals surface area (Å²) in [4.78, 5) is 2.53. The van der Waals surface area contributed by atoms with Crippen LogP contribution < -0.4 is 0 Å². The first-order valence-electron chi connectivity index (χ1n) is 18.6. The Kier molecular flexibility index (Phi) is 13.8. The molecule has 3 aromatic carbocycles. The number of benzene rings is 3. The molecule has 2 atom stereocenters. The summed E-state index contributed by atoms with van der Waals surface area (Å²) in [5.74, 6) is 4.95. The lowest BCUT2D eigenvalue weighted by atomic mass is 9.77. The zero-order chi connectivity index (χ0) is 32.3. The molecule has 1 heteroatoms. The Hall–Kier alpha value is -2.38. The van der Waals surface area contributed by atoms with Crippen LogP contribution in [0.2, 0.25) is 0 Å². The van der Waals surface area contributed by atoms with Crippen molar-refractivity contribution in [1.82, 2.24) is 4.90 Å². The lowest BCUT2D eigenvalue weighted by molar-refractivity contribution is 0.276. The largest absolute Gasteiger partial charge is 0.301 e. The van der Waals surface area contributed by atoms with E-state index >= 15 is 0 Å². The van der Waals surface area contributed by atoms with Crippen LogP contribution in [0, 0.1) is 23.7 Å². The van der Waals surface area contributed by atoms with E-state index in [4.69, 9.17) is 0 Å². The van der Waals surface area contributed by atoms with Gasteiger partial charge < -0.3 is 4.90 Å². The highest BCUT2D eigenvalue weighted by molar-refractivity contribution is 5.35. The molecule has 0 bridgehead atoms. The molecule has 3 aromatic rings. The second kappa shape index (κ2) is 17.5. The maximum absolute atomic E-state index is 2.53. The molecule has 0 radical (unpaired) electrons. The van der Waals surface area contributed by atoms with Crippen molar-refractivity contribution < 1.29 is 0 Å². The van der Waals surface area contributed by atoms with Gasteiger partial charge in [-0.1, -0.05) is 114 Å². The number of hydrogen-bond donors (Lipinski definition) is 0. The van der Waals surface area contributed by atoms with E-state index in [0.717, 1.165) is 41.5 Å².